The van der Waals surface area contributed by atoms with E-state index in [1.165, 1.54) is 5.56 Å². The summed E-state index contributed by atoms with van der Waals surface area (Å²) in [6, 6.07) is 16.0. The third-order valence-electron chi connectivity index (χ3n) is 3.26. The van der Waals surface area contributed by atoms with Gasteiger partial charge in [-0.15, -0.1) is 0 Å². The van der Waals surface area contributed by atoms with E-state index in [0.29, 0.717) is 5.75 Å². The minimum Gasteiger partial charge on any atom is -0.508 e. The van der Waals surface area contributed by atoms with Gasteiger partial charge in [0.15, 0.2) is 0 Å². The van der Waals surface area contributed by atoms with Gasteiger partial charge in [0.1, 0.15) is 5.75 Å². The molecular formula is C16H18BrNO. The van der Waals surface area contributed by atoms with E-state index >= 15 is 0 Å². The molecule has 2 N–H and O–H groups in total. The van der Waals surface area contributed by atoms with Gasteiger partial charge < -0.3 is 10.4 Å². The zero-order valence-electron chi connectivity index (χ0n) is 11.1. The van der Waals surface area contributed by atoms with E-state index in [1.807, 2.05) is 24.3 Å². The summed E-state index contributed by atoms with van der Waals surface area (Å²) in [5, 5.41) is 12.9. The number of rotatable bonds is 4. The maximum Gasteiger partial charge on any atom is 0.115 e. The Kier molecular flexibility index (Phi) is 4.61. The van der Waals surface area contributed by atoms with Crippen molar-refractivity contribution in [2.24, 2.45) is 0 Å². The minimum atomic E-state index is 0.225. The van der Waals surface area contributed by atoms with E-state index in [0.717, 1.165) is 10.0 Å². The van der Waals surface area contributed by atoms with Gasteiger partial charge >= 0.3 is 0 Å². The van der Waals surface area contributed by atoms with Gasteiger partial charge in [-0.1, -0.05) is 46.3 Å². The number of phenolic OH excluding ortho intramolecular Hbond substituents is 1. The highest BCUT2D eigenvalue weighted by Crippen LogP contribution is 2.25. The Morgan fingerprint density at radius 2 is 1.58 bits per heavy atom. The molecule has 1 unspecified atom stereocenters. The molecule has 0 aliphatic carbocycles. The molecule has 0 fully saturated rings. The fraction of sp³-hybridized carbons (Fsp3) is 0.250. The first-order valence-corrected chi connectivity index (χ1v) is 7.16. The van der Waals surface area contributed by atoms with Crippen LogP contribution in [0.1, 0.15) is 37.1 Å². The van der Waals surface area contributed by atoms with Crippen LogP contribution in [0, 0.1) is 0 Å². The van der Waals surface area contributed by atoms with E-state index in [-0.39, 0.29) is 12.1 Å². The molecule has 0 heterocycles. The van der Waals surface area contributed by atoms with E-state index in [2.05, 4.69) is 47.2 Å². The van der Waals surface area contributed by atoms with Crippen molar-refractivity contribution in [3.05, 3.63) is 64.1 Å². The van der Waals surface area contributed by atoms with Crippen LogP contribution >= 0.6 is 15.9 Å². The summed E-state index contributed by atoms with van der Waals surface area (Å²) in [4.78, 5) is 0. The zero-order valence-corrected chi connectivity index (χ0v) is 12.7. The van der Waals surface area contributed by atoms with Crippen molar-refractivity contribution in [1.29, 1.82) is 0 Å². The lowest BCUT2D eigenvalue weighted by Gasteiger charge is -2.21. The molecule has 2 aromatic carbocycles. The highest BCUT2D eigenvalue weighted by atomic mass is 79.9. The lowest BCUT2D eigenvalue weighted by atomic mass is 10.0. The van der Waals surface area contributed by atoms with Crippen LogP contribution in [-0.4, -0.2) is 5.11 Å². The van der Waals surface area contributed by atoms with Crippen LogP contribution in [0.25, 0.3) is 0 Å². The first-order chi connectivity index (χ1) is 9.08. The number of halogens is 1. The van der Waals surface area contributed by atoms with Crippen LogP contribution in [0.2, 0.25) is 0 Å². The van der Waals surface area contributed by atoms with Crippen molar-refractivity contribution >= 4 is 15.9 Å². The molecule has 100 valence electrons. The smallest absolute Gasteiger partial charge is 0.115 e. The van der Waals surface area contributed by atoms with Crippen LogP contribution < -0.4 is 5.32 Å². The van der Waals surface area contributed by atoms with Crippen molar-refractivity contribution in [2.75, 3.05) is 0 Å². The monoisotopic (exact) mass is 319 g/mol. The third kappa shape index (κ3) is 3.58. The van der Waals surface area contributed by atoms with Crippen molar-refractivity contribution < 1.29 is 5.11 Å². The minimum absolute atomic E-state index is 0.225. The molecule has 0 amide bonds. The lowest BCUT2D eigenvalue weighted by molar-refractivity contribution is 0.472. The third-order valence-corrected chi connectivity index (χ3v) is 3.99. The van der Waals surface area contributed by atoms with Gasteiger partial charge in [-0.2, -0.15) is 0 Å². The second-order valence-electron chi connectivity index (χ2n) is 4.72. The molecule has 0 bridgehead atoms. The van der Waals surface area contributed by atoms with E-state index in [9.17, 15) is 5.11 Å². The fourth-order valence-electron chi connectivity index (χ4n) is 2.15. The van der Waals surface area contributed by atoms with Gasteiger partial charge in [0.25, 0.3) is 0 Å². The Morgan fingerprint density at radius 1 is 0.947 bits per heavy atom. The van der Waals surface area contributed by atoms with E-state index in [4.69, 9.17) is 0 Å². The topological polar surface area (TPSA) is 32.3 Å². The van der Waals surface area contributed by atoms with E-state index < -0.39 is 0 Å². The average molecular weight is 320 g/mol. The molecule has 0 radical (unpaired) electrons. The molecule has 0 saturated carbocycles. The Morgan fingerprint density at radius 3 is 2.21 bits per heavy atom. The molecular weight excluding hydrogens is 302 g/mol. The van der Waals surface area contributed by atoms with Gasteiger partial charge in [-0.05, 0) is 43.2 Å². The second kappa shape index (κ2) is 6.22. The van der Waals surface area contributed by atoms with Crippen molar-refractivity contribution in [3.63, 3.8) is 0 Å². The predicted octanol–water partition coefficient (Wildman–Crippen LogP) is 4.57. The van der Waals surface area contributed by atoms with Crippen LogP contribution in [0.5, 0.6) is 5.75 Å². The summed E-state index contributed by atoms with van der Waals surface area (Å²) in [6.45, 7) is 4.27. The molecule has 0 spiro atoms. The standard InChI is InChI=1S/C16H18BrNO/c1-11(13-7-9-14(19)10-8-13)18-12(2)15-5-3-4-6-16(15)17/h3-12,18-19H,1-2H3/t11?,12-/m1/s1. The largest absolute Gasteiger partial charge is 0.508 e. The average Bonchev–Trinajstić information content (AvgIpc) is 2.39. The number of benzene rings is 2. The SMILES string of the molecule is CC(N[C@H](C)c1ccccc1Br)c1ccc(O)cc1. The summed E-state index contributed by atoms with van der Waals surface area (Å²) in [5.74, 6) is 0.301. The zero-order chi connectivity index (χ0) is 13.8. The quantitative estimate of drug-likeness (QED) is 0.865. The molecule has 0 saturated heterocycles. The summed E-state index contributed by atoms with van der Waals surface area (Å²) in [6.07, 6.45) is 0. The van der Waals surface area contributed by atoms with Crippen molar-refractivity contribution in [1.82, 2.24) is 5.32 Å². The normalized spacial score (nSPS) is 14.1. The van der Waals surface area contributed by atoms with Crippen LogP contribution in [0.3, 0.4) is 0 Å². The summed E-state index contributed by atoms with van der Waals surface area (Å²) < 4.78 is 1.12. The molecule has 0 aliphatic heterocycles. The number of hydrogen-bond donors (Lipinski definition) is 2. The van der Waals surface area contributed by atoms with Gasteiger partial charge in [-0.25, -0.2) is 0 Å². The van der Waals surface area contributed by atoms with Crippen LogP contribution in [0.4, 0.5) is 0 Å². The summed E-state index contributed by atoms with van der Waals surface area (Å²) >= 11 is 3.58. The van der Waals surface area contributed by atoms with E-state index in [1.54, 1.807) is 12.1 Å². The Hall–Kier alpha value is -1.32. The van der Waals surface area contributed by atoms with Gasteiger partial charge in [0.05, 0.1) is 0 Å². The Balaban J connectivity index is 2.08. The van der Waals surface area contributed by atoms with Gasteiger partial charge in [0.2, 0.25) is 0 Å². The molecule has 2 aromatic rings. The Bertz CT molecular complexity index is 539. The Labute approximate surface area is 122 Å². The maximum atomic E-state index is 9.31. The molecule has 0 aromatic heterocycles. The van der Waals surface area contributed by atoms with Crippen molar-refractivity contribution in [3.8, 4) is 5.75 Å². The van der Waals surface area contributed by atoms with Gasteiger partial charge in [0, 0.05) is 16.6 Å². The lowest BCUT2D eigenvalue weighted by Crippen LogP contribution is -2.22. The maximum absolute atomic E-state index is 9.31. The summed E-state index contributed by atoms with van der Waals surface area (Å²) in [5.41, 5.74) is 2.41. The molecule has 19 heavy (non-hydrogen) atoms. The molecule has 2 atom stereocenters. The number of phenols is 1. The number of aromatic hydroxyl groups is 1. The van der Waals surface area contributed by atoms with Crippen LogP contribution in [-0.2, 0) is 0 Å². The first kappa shape index (κ1) is 14.1. The fourth-order valence-corrected chi connectivity index (χ4v) is 2.78. The number of hydrogen-bond acceptors (Lipinski definition) is 2. The highest BCUT2D eigenvalue weighted by molar-refractivity contribution is 9.10. The summed E-state index contributed by atoms with van der Waals surface area (Å²) in [7, 11) is 0. The molecule has 0 aliphatic rings. The predicted molar refractivity (Wildman–Crippen MR) is 82.2 cm³/mol. The van der Waals surface area contributed by atoms with Crippen LogP contribution in [0.15, 0.2) is 53.0 Å². The van der Waals surface area contributed by atoms with Crippen molar-refractivity contribution in [2.45, 2.75) is 25.9 Å². The second-order valence-corrected chi connectivity index (χ2v) is 5.58. The molecule has 3 heteroatoms. The molecule has 2 rings (SSSR count). The number of nitrogens with one attached hydrogen (secondary N) is 1. The van der Waals surface area contributed by atoms with Gasteiger partial charge in [-0.3, -0.25) is 0 Å². The highest BCUT2D eigenvalue weighted by Gasteiger charge is 2.12. The molecule has 2 nitrogen and oxygen atoms in total. The first-order valence-electron chi connectivity index (χ1n) is 6.37.